The van der Waals surface area contributed by atoms with Crippen LogP contribution in [0.1, 0.15) is 5.56 Å². The van der Waals surface area contributed by atoms with Crippen LogP contribution in [-0.4, -0.2) is 18.6 Å². The molecular weight excluding hydrogens is 224 g/mol. The summed E-state index contributed by atoms with van der Waals surface area (Å²) in [5.74, 6) is 1.84. The lowest BCUT2D eigenvalue weighted by Gasteiger charge is -2.10. The van der Waals surface area contributed by atoms with Gasteiger partial charge in [0.25, 0.3) is 0 Å². The molecule has 0 aliphatic carbocycles. The highest BCUT2D eigenvalue weighted by atomic mass is 35.5. The van der Waals surface area contributed by atoms with Gasteiger partial charge < -0.3 is 10.1 Å². The number of benzene rings is 1. The zero-order chi connectivity index (χ0) is 11.1. The fraction of sp³-hybridized carbons (Fsp3) is 0.250. The lowest BCUT2D eigenvalue weighted by molar-refractivity contribution is 0.416. The first kappa shape index (κ1) is 9.73. The number of methoxy groups -OCH3 is 1. The van der Waals surface area contributed by atoms with Crippen molar-refractivity contribution in [2.75, 3.05) is 19.0 Å². The maximum atomic E-state index is 5.96. The standard InChI is InChI=1S/C12H11ClN2O/c1-16-11-8-3-2-7(13)6-10(8)15-12-9(11)4-5-14-12/h2-3,6H,4-5H2,1H3,(H,14,15). The number of halogens is 1. The summed E-state index contributed by atoms with van der Waals surface area (Å²) in [6.07, 6.45) is 0.962. The van der Waals surface area contributed by atoms with Crippen LogP contribution in [0.25, 0.3) is 10.9 Å². The molecule has 0 spiro atoms. The van der Waals surface area contributed by atoms with Gasteiger partial charge in [-0.05, 0) is 24.6 Å². The molecule has 0 saturated heterocycles. The molecule has 0 saturated carbocycles. The molecular formula is C12H11ClN2O. The van der Waals surface area contributed by atoms with Gasteiger partial charge in [0.2, 0.25) is 0 Å². The number of nitrogens with one attached hydrogen (secondary N) is 1. The van der Waals surface area contributed by atoms with Crippen LogP contribution in [0.2, 0.25) is 5.02 Å². The third-order valence-corrected chi connectivity index (χ3v) is 3.10. The average molecular weight is 235 g/mol. The molecule has 2 aromatic rings. The van der Waals surface area contributed by atoms with Crippen LogP contribution in [0, 0.1) is 0 Å². The van der Waals surface area contributed by atoms with E-state index in [0.717, 1.165) is 41.0 Å². The van der Waals surface area contributed by atoms with E-state index in [1.807, 2.05) is 18.2 Å². The summed E-state index contributed by atoms with van der Waals surface area (Å²) in [5, 5.41) is 4.97. The minimum Gasteiger partial charge on any atom is -0.496 e. The number of nitrogens with zero attached hydrogens (tertiary/aromatic N) is 1. The van der Waals surface area contributed by atoms with Gasteiger partial charge in [-0.25, -0.2) is 4.98 Å². The Bertz CT molecular complexity index is 568. The predicted molar refractivity (Wildman–Crippen MR) is 65.5 cm³/mol. The topological polar surface area (TPSA) is 34.1 Å². The molecule has 0 amide bonds. The van der Waals surface area contributed by atoms with E-state index in [0.29, 0.717) is 5.02 Å². The maximum Gasteiger partial charge on any atom is 0.135 e. The molecule has 0 fully saturated rings. The van der Waals surface area contributed by atoms with Crippen molar-refractivity contribution in [2.24, 2.45) is 0 Å². The zero-order valence-electron chi connectivity index (χ0n) is 8.88. The number of anilines is 1. The van der Waals surface area contributed by atoms with Crippen LogP contribution < -0.4 is 10.1 Å². The van der Waals surface area contributed by atoms with Gasteiger partial charge in [0, 0.05) is 22.5 Å². The van der Waals surface area contributed by atoms with Gasteiger partial charge in [0.15, 0.2) is 0 Å². The van der Waals surface area contributed by atoms with Gasteiger partial charge in [0.1, 0.15) is 11.6 Å². The molecule has 1 aromatic heterocycles. The van der Waals surface area contributed by atoms with E-state index in [4.69, 9.17) is 16.3 Å². The Hall–Kier alpha value is -1.48. The molecule has 2 heterocycles. The predicted octanol–water partition coefficient (Wildman–Crippen LogP) is 2.86. The van der Waals surface area contributed by atoms with Crippen molar-refractivity contribution in [1.29, 1.82) is 0 Å². The van der Waals surface area contributed by atoms with E-state index in [-0.39, 0.29) is 0 Å². The molecule has 1 aliphatic heterocycles. The normalized spacial score (nSPS) is 13.6. The minimum atomic E-state index is 0.694. The van der Waals surface area contributed by atoms with Gasteiger partial charge in [0.05, 0.1) is 12.6 Å². The fourth-order valence-corrected chi connectivity index (χ4v) is 2.33. The second kappa shape index (κ2) is 3.52. The molecule has 82 valence electrons. The summed E-state index contributed by atoms with van der Waals surface area (Å²) in [7, 11) is 1.70. The molecule has 0 radical (unpaired) electrons. The van der Waals surface area contributed by atoms with E-state index in [1.54, 1.807) is 7.11 Å². The van der Waals surface area contributed by atoms with Crippen LogP contribution in [0.3, 0.4) is 0 Å². The summed E-state index contributed by atoms with van der Waals surface area (Å²) in [6.45, 7) is 0.919. The first-order valence-corrected chi connectivity index (χ1v) is 5.57. The van der Waals surface area contributed by atoms with E-state index in [2.05, 4.69) is 10.3 Å². The zero-order valence-corrected chi connectivity index (χ0v) is 9.64. The van der Waals surface area contributed by atoms with Gasteiger partial charge in [-0.15, -0.1) is 0 Å². The molecule has 0 atom stereocenters. The van der Waals surface area contributed by atoms with Gasteiger partial charge in [-0.1, -0.05) is 11.6 Å². The highest BCUT2D eigenvalue weighted by Gasteiger charge is 2.19. The summed E-state index contributed by atoms with van der Waals surface area (Å²) in [5.41, 5.74) is 2.04. The fourth-order valence-electron chi connectivity index (χ4n) is 2.16. The second-order valence-corrected chi connectivity index (χ2v) is 4.25. The summed E-state index contributed by atoms with van der Waals surface area (Å²) >= 11 is 5.96. The third-order valence-electron chi connectivity index (χ3n) is 2.87. The molecule has 16 heavy (non-hydrogen) atoms. The lowest BCUT2D eigenvalue weighted by Crippen LogP contribution is -1.95. The van der Waals surface area contributed by atoms with E-state index < -0.39 is 0 Å². The third kappa shape index (κ3) is 1.32. The van der Waals surface area contributed by atoms with Gasteiger partial charge in [-0.3, -0.25) is 0 Å². The average Bonchev–Trinajstić information content (AvgIpc) is 2.73. The monoisotopic (exact) mass is 234 g/mol. The first-order valence-electron chi connectivity index (χ1n) is 5.19. The van der Waals surface area contributed by atoms with Gasteiger partial charge >= 0.3 is 0 Å². The van der Waals surface area contributed by atoms with E-state index in [9.17, 15) is 0 Å². The molecule has 1 aromatic carbocycles. The van der Waals surface area contributed by atoms with E-state index in [1.165, 1.54) is 0 Å². The van der Waals surface area contributed by atoms with Crippen molar-refractivity contribution < 1.29 is 4.74 Å². The van der Waals surface area contributed by atoms with Crippen LogP contribution in [0.4, 0.5) is 5.82 Å². The van der Waals surface area contributed by atoms with E-state index >= 15 is 0 Å². The maximum absolute atomic E-state index is 5.96. The highest BCUT2D eigenvalue weighted by Crippen LogP contribution is 2.36. The quantitative estimate of drug-likeness (QED) is 0.824. The number of aromatic nitrogens is 1. The Morgan fingerprint density at radius 3 is 3.12 bits per heavy atom. The van der Waals surface area contributed by atoms with Crippen molar-refractivity contribution in [1.82, 2.24) is 4.98 Å². The number of ether oxygens (including phenoxy) is 1. The van der Waals surface area contributed by atoms with Crippen molar-refractivity contribution in [3.63, 3.8) is 0 Å². The Morgan fingerprint density at radius 1 is 1.44 bits per heavy atom. The van der Waals surface area contributed by atoms with Crippen LogP contribution >= 0.6 is 11.6 Å². The molecule has 3 rings (SSSR count). The van der Waals surface area contributed by atoms with Crippen molar-refractivity contribution >= 4 is 28.3 Å². The lowest BCUT2D eigenvalue weighted by atomic mass is 10.1. The molecule has 3 nitrogen and oxygen atoms in total. The largest absolute Gasteiger partial charge is 0.496 e. The van der Waals surface area contributed by atoms with Gasteiger partial charge in [-0.2, -0.15) is 0 Å². The summed E-state index contributed by atoms with van der Waals surface area (Å²) < 4.78 is 5.49. The van der Waals surface area contributed by atoms with Crippen molar-refractivity contribution in [3.8, 4) is 5.75 Å². The Morgan fingerprint density at radius 2 is 2.31 bits per heavy atom. The smallest absolute Gasteiger partial charge is 0.135 e. The van der Waals surface area contributed by atoms with Crippen molar-refractivity contribution in [2.45, 2.75) is 6.42 Å². The minimum absolute atomic E-state index is 0.694. The van der Waals surface area contributed by atoms with Crippen LogP contribution in [-0.2, 0) is 6.42 Å². The summed E-state index contributed by atoms with van der Waals surface area (Å²) in [6, 6.07) is 5.69. The Balaban J connectivity index is 2.39. The SMILES string of the molecule is COc1c2c(nc3cc(Cl)ccc13)NCC2. The van der Waals surface area contributed by atoms with Crippen LogP contribution in [0.5, 0.6) is 5.75 Å². The Labute approximate surface area is 98.4 Å². The first-order chi connectivity index (χ1) is 7.79. The Kier molecular flexibility index (Phi) is 2.14. The molecule has 1 aliphatic rings. The molecule has 1 N–H and O–H groups in total. The number of rotatable bonds is 1. The number of fused-ring (bicyclic) bond motifs is 2. The molecule has 4 heteroatoms. The highest BCUT2D eigenvalue weighted by molar-refractivity contribution is 6.31. The second-order valence-electron chi connectivity index (χ2n) is 3.81. The summed E-state index contributed by atoms with van der Waals surface area (Å²) in [4.78, 5) is 4.55. The number of hydrogen-bond donors (Lipinski definition) is 1. The van der Waals surface area contributed by atoms with Crippen molar-refractivity contribution in [3.05, 3.63) is 28.8 Å². The number of hydrogen-bond acceptors (Lipinski definition) is 3. The van der Waals surface area contributed by atoms with Crippen LogP contribution in [0.15, 0.2) is 18.2 Å². The molecule has 0 bridgehead atoms. The molecule has 0 unspecified atom stereocenters. The number of pyridine rings is 1.